The molecule has 17 heavy (non-hydrogen) atoms. The summed E-state index contributed by atoms with van der Waals surface area (Å²) in [4.78, 5) is 0. The number of hydrogen-bond donors (Lipinski definition) is 1. The van der Waals surface area contributed by atoms with Crippen LogP contribution in [0.3, 0.4) is 0 Å². The van der Waals surface area contributed by atoms with Crippen LogP contribution in [-0.4, -0.2) is 10.2 Å². The van der Waals surface area contributed by atoms with Crippen molar-refractivity contribution >= 4 is 0 Å². The Morgan fingerprint density at radius 3 is 2.35 bits per heavy atom. The van der Waals surface area contributed by atoms with E-state index in [1.165, 1.54) is 32.1 Å². The minimum Gasteiger partial charge on any atom is -0.281 e. The Morgan fingerprint density at radius 1 is 1.12 bits per heavy atom. The molecule has 0 spiro atoms. The van der Waals surface area contributed by atoms with Crippen molar-refractivity contribution in [2.24, 2.45) is 23.7 Å². The molecule has 4 saturated carbocycles. The third-order valence-corrected chi connectivity index (χ3v) is 5.35. The van der Waals surface area contributed by atoms with Crippen LogP contribution in [0.5, 0.6) is 0 Å². The molecule has 0 aliphatic heterocycles. The molecule has 3 nitrogen and oxygen atoms in total. The van der Waals surface area contributed by atoms with Gasteiger partial charge in [-0.2, -0.15) is 10.4 Å². The zero-order valence-electron chi connectivity index (χ0n) is 9.89. The molecule has 1 aromatic heterocycles. The number of nitriles is 1. The van der Waals surface area contributed by atoms with Crippen LogP contribution in [0, 0.1) is 35.0 Å². The molecule has 0 unspecified atom stereocenters. The lowest BCUT2D eigenvalue weighted by atomic mass is 9.51. The van der Waals surface area contributed by atoms with Gasteiger partial charge in [-0.3, -0.25) is 5.10 Å². The standard InChI is InChI=1S/C14H17N3/c15-6-12-7-16-17-14(12)13-10-2-8-1-9(4-10)5-11(13)3-8/h7-11,13H,1-5H2,(H,16,17). The number of nitrogens with zero attached hydrogens (tertiary/aromatic N) is 2. The van der Waals surface area contributed by atoms with Gasteiger partial charge in [0.1, 0.15) is 6.07 Å². The van der Waals surface area contributed by atoms with Crippen LogP contribution in [0.1, 0.15) is 49.3 Å². The van der Waals surface area contributed by atoms with Crippen molar-refractivity contribution in [3.05, 3.63) is 17.5 Å². The topological polar surface area (TPSA) is 52.5 Å². The van der Waals surface area contributed by atoms with Crippen LogP contribution in [0.25, 0.3) is 0 Å². The largest absolute Gasteiger partial charge is 0.281 e. The van der Waals surface area contributed by atoms with E-state index >= 15 is 0 Å². The lowest BCUT2D eigenvalue weighted by Crippen LogP contribution is -2.44. The van der Waals surface area contributed by atoms with E-state index in [2.05, 4.69) is 16.3 Å². The van der Waals surface area contributed by atoms with Gasteiger partial charge in [-0.05, 0) is 55.8 Å². The highest BCUT2D eigenvalue weighted by atomic mass is 15.1. The third kappa shape index (κ3) is 1.30. The van der Waals surface area contributed by atoms with Crippen molar-refractivity contribution in [3.8, 4) is 6.07 Å². The van der Waals surface area contributed by atoms with Crippen LogP contribution >= 0.6 is 0 Å². The molecule has 0 aromatic carbocycles. The Hall–Kier alpha value is -1.30. The van der Waals surface area contributed by atoms with E-state index < -0.39 is 0 Å². The Morgan fingerprint density at radius 2 is 1.76 bits per heavy atom. The molecule has 88 valence electrons. The predicted molar refractivity (Wildman–Crippen MR) is 63.1 cm³/mol. The van der Waals surface area contributed by atoms with Crippen molar-refractivity contribution < 1.29 is 0 Å². The molecule has 1 heterocycles. The number of H-pyrrole nitrogens is 1. The molecule has 4 fully saturated rings. The number of aromatic nitrogens is 2. The van der Waals surface area contributed by atoms with Gasteiger partial charge in [0.15, 0.2) is 0 Å². The SMILES string of the molecule is N#Cc1cn[nH]c1C1C2CC3CC(C2)CC1C3. The highest BCUT2D eigenvalue weighted by Gasteiger charge is 2.49. The van der Waals surface area contributed by atoms with Crippen LogP contribution in [-0.2, 0) is 0 Å². The van der Waals surface area contributed by atoms with Crippen LogP contribution < -0.4 is 0 Å². The van der Waals surface area contributed by atoms with Gasteiger partial charge in [-0.15, -0.1) is 0 Å². The van der Waals surface area contributed by atoms with Crippen LogP contribution in [0.15, 0.2) is 6.20 Å². The van der Waals surface area contributed by atoms with Crippen molar-refractivity contribution in [2.45, 2.75) is 38.0 Å². The van der Waals surface area contributed by atoms with Crippen molar-refractivity contribution in [2.75, 3.05) is 0 Å². The van der Waals surface area contributed by atoms with E-state index in [1.54, 1.807) is 6.20 Å². The van der Waals surface area contributed by atoms with Crippen LogP contribution in [0.2, 0.25) is 0 Å². The summed E-state index contributed by atoms with van der Waals surface area (Å²) >= 11 is 0. The quantitative estimate of drug-likeness (QED) is 0.802. The highest BCUT2D eigenvalue weighted by molar-refractivity contribution is 5.34. The second-order valence-corrected chi connectivity index (χ2v) is 6.27. The average molecular weight is 227 g/mol. The third-order valence-electron chi connectivity index (χ3n) is 5.35. The molecule has 4 bridgehead atoms. The fraction of sp³-hybridized carbons (Fsp3) is 0.714. The fourth-order valence-corrected chi connectivity index (χ4v) is 5.04. The van der Waals surface area contributed by atoms with E-state index in [1.807, 2.05) is 0 Å². The first-order chi connectivity index (χ1) is 8.35. The van der Waals surface area contributed by atoms with E-state index in [0.29, 0.717) is 5.92 Å². The molecule has 0 saturated heterocycles. The molecule has 5 rings (SSSR count). The highest BCUT2D eigenvalue weighted by Crippen LogP contribution is 2.59. The van der Waals surface area contributed by atoms with E-state index in [9.17, 15) is 0 Å². The van der Waals surface area contributed by atoms with Gasteiger partial charge >= 0.3 is 0 Å². The molecule has 4 aliphatic carbocycles. The van der Waals surface area contributed by atoms with Crippen molar-refractivity contribution in [1.82, 2.24) is 10.2 Å². The Kier molecular flexibility index (Phi) is 1.91. The summed E-state index contributed by atoms with van der Waals surface area (Å²) in [5, 5.41) is 16.3. The normalized spacial score (nSPS) is 42.6. The van der Waals surface area contributed by atoms with Crippen LogP contribution in [0.4, 0.5) is 0 Å². The molecule has 1 aromatic rings. The van der Waals surface area contributed by atoms with Gasteiger partial charge in [0, 0.05) is 5.92 Å². The maximum Gasteiger partial charge on any atom is 0.103 e. The maximum atomic E-state index is 9.15. The zero-order chi connectivity index (χ0) is 11.4. The molecule has 4 aliphatic rings. The summed E-state index contributed by atoms with van der Waals surface area (Å²) in [6, 6.07) is 2.29. The van der Waals surface area contributed by atoms with Gasteiger partial charge in [0.05, 0.1) is 17.5 Å². The van der Waals surface area contributed by atoms with E-state index in [-0.39, 0.29) is 0 Å². The molecular weight excluding hydrogens is 210 g/mol. The smallest absolute Gasteiger partial charge is 0.103 e. The van der Waals surface area contributed by atoms with Gasteiger partial charge < -0.3 is 0 Å². The van der Waals surface area contributed by atoms with Gasteiger partial charge in [0.25, 0.3) is 0 Å². The number of aromatic amines is 1. The zero-order valence-corrected chi connectivity index (χ0v) is 9.89. The minimum absolute atomic E-state index is 0.597. The average Bonchev–Trinajstić information content (AvgIpc) is 2.75. The molecule has 0 radical (unpaired) electrons. The summed E-state index contributed by atoms with van der Waals surface area (Å²) in [5.41, 5.74) is 1.92. The number of nitrogens with one attached hydrogen (secondary N) is 1. The Balaban J connectivity index is 1.73. The monoisotopic (exact) mass is 227 g/mol. The molecule has 0 atom stereocenters. The summed E-state index contributed by atoms with van der Waals surface area (Å²) in [7, 11) is 0. The lowest BCUT2D eigenvalue weighted by molar-refractivity contribution is -0.00425. The minimum atomic E-state index is 0.597. The Labute approximate surface area is 101 Å². The second kappa shape index (κ2) is 3.35. The second-order valence-electron chi connectivity index (χ2n) is 6.27. The maximum absolute atomic E-state index is 9.15. The summed E-state index contributed by atoms with van der Waals surface area (Å²) in [5.74, 6) is 4.21. The van der Waals surface area contributed by atoms with Gasteiger partial charge in [0.2, 0.25) is 0 Å². The summed E-state index contributed by atoms with van der Waals surface area (Å²) < 4.78 is 0. The van der Waals surface area contributed by atoms with E-state index in [4.69, 9.17) is 5.26 Å². The van der Waals surface area contributed by atoms with E-state index in [0.717, 1.165) is 34.9 Å². The number of rotatable bonds is 1. The van der Waals surface area contributed by atoms with Crippen molar-refractivity contribution in [1.29, 1.82) is 5.26 Å². The first kappa shape index (κ1) is 9.70. The fourth-order valence-electron chi connectivity index (χ4n) is 5.04. The molecule has 0 amide bonds. The van der Waals surface area contributed by atoms with Gasteiger partial charge in [-0.25, -0.2) is 0 Å². The first-order valence-electron chi connectivity index (χ1n) is 6.78. The molecular formula is C14H17N3. The first-order valence-corrected chi connectivity index (χ1v) is 6.78. The number of hydrogen-bond acceptors (Lipinski definition) is 2. The summed E-state index contributed by atoms with van der Waals surface area (Å²) in [6.07, 6.45) is 8.74. The Bertz CT molecular complexity index is 454. The van der Waals surface area contributed by atoms with Crippen molar-refractivity contribution in [3.63, 3.8) is 0 Å². The summed E-state index contributed by atoms with van der Waals surface area (Å²) in [6.45, 7) is 0. The molecule has 3 heteroatoms. The lowest BCUT2D eigenvalue weighted by Gasteiger charge is -2.54. The molecule has 1 N–H and O–H groups in total. The predicted octanol–water partition coefficient (Wildman–Crippen LogP) is 2.82. The van der Waals surface area contributed by atoms with Gasteiger partial charge in [-0.1, -0.05) is 0 Å².